The molecule has 2 aliphatic rings. The number of anilines is 2. The number of benzene rings is 1. The zero-order valence-electron chi connectivity index (χ0n) is 26.8. The predicted octanol–water partition coefficient (Wildman–Crippen LogP) is 5.02. The number of hydrogen-bond donors (Lipinski definition) is 2. The van der Waals surface area contributed by atoms with Gasteiger partial charge >= 0.3 is 5.97 Å². The molecule has 0 aliphatic carbocycles. The van der Waals surface area contributed by atoms with Crippen molar-refractivity contribution in [3.63, 3.8) is 0 Å². The molecule has 1 aromatic carbocycles. The van der Waals surface area contributed by atoms with Gasteiger partial charge in [-0.25, -0.2) is 4.98 Å². The van der Waals surface area contributed by atoms with E-state index in [0.29, 0.717) is 29.8 Å². The second-order valence-electron chi connectivity index (χ2n) is 13.4. The van der Waals surface area contributed by atoms with E-state index in [1.165, 1.54) is 5.56 Å². The summed E-state index contributed by atoms with van der Waals surface area (Å²) >= 11 is 0. The molecule has 5 rings (SSSR count). The van der Waals surface area contributed by atoms with Crippen LogP contribution in [0.15, 0.2) is 48.7 Å². The van der Waals surface area contributed by atoms with Crippen LogP contribution in [0.2, 0.25) is 0 Å². The maximum Gasteiger partial charge on any atom is 0.320 e. The lowest BCUT2D eigenvalue weighted by Gasteiger charge is -2.37. The van der Waals surface area contributed by atoms with Crippen LogP contribution in [0.1, 0.15) is 68.4 Å². The minimum atomic E-state index is -0.470. The zero-order valence-corrected chi connectivity index (χ0v) is 26.8. The number of nitrogens with one attached hydrogen (secondary N) is 2. The van der Waals surface area contributed by atoms with Crippen LogP contribution in [0.4, 0.5) is 11.4 Å². The van der Waals surface area contributed by atoms with Crippen molar-refractivity contribution in [1.29, 1.82) is 0 Å². The fourth-order valence-electron chi connectivity index (χ4n) is 6.32. The molecule has 2 fully saturated rings. The Labute approximate surface area is 261 Å². The van der Waals surface area contributed by atoms with Crippen molar-refractivity contribution >= 4 is 23.3 Å². The molecule has 0 spiro atoms. The molecule has 2 aliphatic heterocycles. The topological polar surface area (TPSA) is 107 Å². The summed E-state index contributed by atoms with van der Waals surface area (Å²) in [5, 5.41) is 10.1. The van der Waals surface area contributed by atoms with Gasteiger partial charge in [-0.1, -0.05) is 12.1 Å². The van der Waals surface area contributed by atoms with E-state index in [4.69, 9.17) is 4.74 Å². The van der Waals surface area contributed by atoms with E-state index in [-0.39, 0.29) is 11.9 Å². The summed E-state index contributed by atoms with van der Waals surface area (Å²) in [5.41, 5.74) is 4.48. The maximum absolute atomic E-state index is 13.5. The van der Waals surface area contributed by atoms with Crippen LogP contribution in [-0.2, 0) is 9.53 Å². The molecule has 2 N–H and O–H groups in total. The SMILES string of the molecule is CN(C)CC1CCN(c2cc(C3CCN(CC(=O)OC(C)(C)C)CC3)ccc2NC(=O)c2cccc(-c3ccn[nH]3)n2)CC1. The monoisotopic (exact) mass is 601 g/mol. The van der Waals surface area contributed by atoms with Crippen LogP contribution < -0.4 is 10.2 Å². The van der Waals surface area contributed by atoms with Gasteiger partial charge in [0.1, 0.15) is 11.3 Å². The van der Waals surface area contributed by atoms with Crippen LogP contribution in [0, 0.1) is 5.92 Å². The molecule has 3 aromatic rings. The molecular weight excluding hydrogens is 554 g/mol. The number of carbonyl (C=O) groups excluding carboxylic acids is 2. The molecule has 1 amide bonds. The number of aromatic amines is 1. The van der Waals surface area contributed by atoms with Gasteiger partial charge in [0, 0.05) is 25.8 Å². The average Bonchev–Trinajstić information content (AvgIpc) is 3.52. The van der Waals surface area contributed by atoms with E-state index in [1.54, 1.807) is 12.3 Å². The third-order valence-corrected chi connectivity index (χ3v) is 8.44. The molecule has 0 unspecified atom stereocenters. The number of piperidine rings is 2. The largest absolute Gasteiger partial charge is 0.459 e. The maximum atomic E-state index is 13.5. The van der Waals surface area contributed by atoms with Gasteiger partial charge in [0.2, 0.25) is 0 Å². The number of hydrogen-bond acceptors (Lipinski definition) is 8. The fraction of sp³-hybridized carbons (Fsp3) is 0.529. The molecule has 0 atom stereocenters. The molecule has 2 aromatic heterocycles. The quantitative estimate of drug-likeness (QED) is 0.329. The Morgan fingerprint density at radius 3 is 2.43 bits per heavy atom. The first-order valence-corrected chi connectivity index (χ1v) is 15.8. The van der Waals surface area contributed by atoms with Crippen molar-refractivity contribution in [2.75, 3.05) is 63.6 Å². The van der Waals surface area contributed by atoms with E-state index in [1.807, 2.05) is 39.0 Å². The van der Waals surface area contributed by atoms with Gasteiger partial charge in [0.15, 0.2) is 0 Å². The average molecular weight is 602 g/mol. The Bertz CT molecular complexity index is 1400. The van der Waals surface area contributed by atoms with Gasteiger partial charge < -0.3 is 19.9 Å². The van der Waals surface area contributed by atoms with Gasteiger partial charge in [0.25, 0.3) is 5.91 Å². The minimum Gasteiger partial charge on any atom is -0.459 e. The lowest BCUT2D eigenvalue weighted by molar-refractivity contribution is -0.156. The first kappa shape index (κ1) is 31.7. The summed E-state index contributed by atoms with van der Waals surface area (Å²) in [4.78, 5) is 37.3. The lowest BCUT2D eigenvalue weighted by Crippen LogP contribution is -2.39. The second kappa shape index (κ2) is 13.9. The predicted molar refractivity (Wildman–Crippen MR) is 174 cm³/mol. The molecule has 0 saturated carbocycles. The Balaban J connectivity index is 1.31. The number of ether oxygens (including phenoxy) is 1. The van der Waals surface area contributed by atoms with Crippen molar-refractivity contribution in [3.05, 3.63) is 59.9 Å². The molecule has 4 heterocycles. The molecule has 236 valence electrons. The van der Waals surface area contributed by atoms with Crippen LogP contribution in [0.3, 0.4) is 0 Å². The number of aromatic nitrogens is 3. The number of nitrogens with zero attached hydrogens (tertiary/aromatic N) is 5. The number of likely N-dealkylation sites (tertiary alicyclic amines) is 1. The minimum absolute atomic E-state index is 0.166. The van der Waals surface area contributed by atoms with Crippen LogP contribution in [0.25, 0.3) is 11.4 Å². The van der Waals surface area contributed by atoms with Crippen molar-refractivity contribution in [3.8, 4) is 11.4 Å². The number of pyridine rings is 1. The fourth-order valence-corrected chi connectivity index (χ4v) is 6.32. The van der Waals surface area contributed by atoms with Crippen molar-refractivity contribution in [1.82, 2.24) is 25.0 Å². The summed E-state index contributed by atoms with van der Waals surface area (Å²) in [6.45, 7) is 10.7. The van der Waals surface area contributed by atoms with E-state index in [9.17, 15) is 9.59 Å². The van der Waals surface area contributed by atoms with E-state index in [2.05, 4.69) is 67.5 Å². The first-order valence-electron chi connectivity index (χ1n) is 15.8. The number of H-pyrrole nitrogens is 1. The normalized spacial score (nSPS) is 17.2. The Kier molecular flexibility index (Phi) is 10.0. The third-order valence-electron chi connectivity index (χ3n) is 8.44. The number of esters is 1. The summed E-state index contributed by atoms with van der Waals surface area (Å²) < 4.78 is 5.53. The van der Waals surface area contributed by atoms with Gasteiger partial charge in [-0.15, -0.1) is 0 Å². The Morgan fingerprint density at radius 1 is 1.02 bits per heavy atom. The van der Waals surface area contributed by atoms with Gasteiger partial charge in [-0.3, -0.25) is 19.6 Å². The summed E-state index contributed by atoms with van der Waals surface area (Å²) in [5.74, 6) is 0.664. The summed E-state index contributed by atoms with van der Waals surface area (Å²) in [7, 11) is 4.27. The van der Waals surface area contributed by atoms with Crippen LogP contribution in [-0.4, -0.2) is 95.8 Å². The Morgan fingerprint density at radius 2 is 1.77 bits per heavy atom. The standard InChI is InChI=1S/C34H47N7O3/c1-34(2,3)44-32(42)23-40-17-14-25(15-18-40)26-9-10-29(31(21-26)41-19-12-24(13-20-41)22-39(4)5)37-33(43)30-8-6-7-27(36-30)28-11-16-35-38-28/h6-11,16,21,24-25H,12-15,17-20,22-23H2,1-5H3,(H,35,38)(H,37,43). The number of rotatable bonds is 9. The van der Waals surface area contributed by atoms with Gasteiger partial charge in [0.05, 0.1) is 29.3 Å². The molecule has 0 bridgehead atoms. The third kappa shape index (κ3) is 8.45. The van der Waals surface area contributed by atoms with E-state index < -0.39 is 5.60 Å². The van der Waals surface area contributed by atoms with E-state index in [0.717, 1.165) is 75.5 Å². The number of amides is 1. The first-order chi connectivity index (χ1) is 21.0. The highest BCUT2D eigenvalue weighted by Crippen LogP contribution is 2.36. The van der Waals surface area contributed by atoms with Crippen molar-refractivity contribution in [2.24, 2.45) is 5.92 Å². The highest BCUT2D eigenvalue weighted by atomic mass is 16.6. The van der Waals surface area contributed by atoms with Crippen LogP contribution in [0.5, 0.6) is 0 Å². The molecule has 10 nitrogen and oxygen atoms in total. The molecular formula is C34H47N7O3. The zero-order chi connectivity index (χ0) is 31.3. The van der Waals surface area contributed by atoms with E-state index >= 15 is 0 Å². The number of carbonyl (C=O) groups is 2. The molecule has 10 heteroatoms. The summed E-state index contributed by atoms with van der Waals surface area (Å²) in [6, 6.07) is 13.8. The van der Waals surface area contributed by atoms with Gasteiger partial charge in [-0.05, 0) is 121 Å². The van der Waals surface area contributed by atoms with Crippen LogP contribution >= 0.6 is 0 Å². The lowest BCUT2D eigenvalue weighted by atomic mass is 9.88. The molecule has 2 saturated heterocycles. The van der Waals surface area contributed by atoms with Crippen molar-refractivity contribution < 1.29 is 14.3 Å². The molecule has 44 heavy (non-hydrogen) atoms. The van der Waals surface area contributed by atoms with Gasteiger partial charge in [-0.2, -0.15) is 5.10 Å². The van der Waals surface area contributed by atoms with Crippen molar-refractivity contribution in [2.45, 2.75) is 58.0 Å². The highest BCUT2D eigenvalue weighted by Gasteiger charge is 2.27. The smallest absolute Gasteiger partial charge is 0.320 e. The summed E-state index contributed by atoms with van der Waals surface area (Å²) in [6.07, 6.45) is 5.86. The second-order valence-corrected chi connectivity index (χ2v) is 13.4. The Hall–Kier alpha value is -3.76. The molecule has 0 radical (unpaired) electrons. The highest BCUT2D eigenvalue weighted by molar-refractivity contribution is 6.05.